The molecule has 2 amide bonds. The Bertz CT molecular complexity index is 945. The quantitative estimate of drug-likeness (QED) is 0.812. The predicted octanol–water partition coefficient (Wildman–Crippen LogP) is 4.24. The van der Waals surface area contributed by atoms with Crippen LogP contribution in [0.4, 0.5) is 15.8 Å². The number of nitrogens with zero attached hydrogens (tertiary/aromatic N) is 2. The van der Waals surface area contributed by atoms with Crippen LogP contribution in [0.5, 0.6) is 0 Å². The van der Waals surface area contributed by atoms with Crippen molar-refractivity contribution in [1.82, 2.24) is 4.90 Å². The summed E-state index contributed by atoms with van der Waals surface area (Å²) in [6, 6.07) is 11.4. The van der Waals surface area contributed by atoms with Gasteiger partial charge in [0, 0.05) is 43.0 Å². The number of anilines is 2. The van der Waals surface area contributed by atoms with Crippen LogP contribution in [0.15, 0.2) is 42.5 Å². The summed E-state index contributed by atoms with van der Waals surface area (Å²) in [4.78, 5) is 29.1. The van der Waals surface area contributed by atoms with Gasteiger partial charge < -0.3 is 15.1 Å². The zero-order valence-corrected chi connectivity index (χ0v) is 17.0. The Morgan fingerprint density at radius 1 is 1.17 bits per heavy atom. The van der Waals surface area contributed by atoms with Crippen molar-refractivity contribution in [2.24, 2.45) is 5.92 Å². The van der Waals surface area contributed by atoms with Crippen molar-refractivity contribution in [3.8, 4) is 0 Å². The number of hydrogen-bond acceptors (Lipinski definition) is 3. The highest BCUT2D eigenvalue weighted by Crippen LogP contribution is 2.38. The van der Waals surface area contributed by atoms with E-state index in [1.807, 2.05) is 6.07 Å². The zero-order chi connectivity index (χ0) is 20.5. The first-order chi connectivity index (χ1) is 13.9. The molecule has 0 spiro atoms. The minimum absolute atomic E-state index is 0.105. The Hall–Kier alpha value is -2.60. The molecule has 0 radical (unpaired) electrons. The fraction of sp³-hybridized carbons (Fsp3) is 0.364. The molecular formula is C22H23ClFN3O2. The van der Waals surface area contributed by atoms with Crippen molar-refractivity contribution in [3.05, 3.63) is 58.9 Å². The molecule has 152 valence electrons. The highest BCUT2D eigenvalue weighted by molar-refractivity contribution is 6.30. The van der Waals surface area contributed by atoms with Crippen LogP contribution in [0.25, 0.3) is 0 Å². The van der Waals surface area contributed by atoms with Crippen LogP contribution in [-0.2, 0) is 9.59 Å². The summed E-state index contributed by atoms with van der Waals surface area (Å²) < 4.78 is 14.2. The highest BCUT2D eigenvalue weighted by atomic mass is 35.5. The smallest absolute Gasteiger partial charge is 0.230 e. The van der Waals surface area contributed by atoms with E-state index < -0.39 is 17.8 Å². The van der Waals surface area contributed by atoms with Crippen LogP contribution >= 0.6 is 11.6 Å². The lowest BCUT2D eigenvalue weighted by Crippen LogP contribution is -2.30. The third-order valence-corrected chi connectivity index (χ3v) is 5.97. The molecule has 2 aliphatic rings. The lowest BCUT2D eigenvalue weighted by molar-refractivity contribution is -0.127. The second-order valence-corrected chi connectivity index (χ2v) is 8.13. The molecule has 7 heteroatoms. The third kappa shape index (κ3) is 4.08. The molecule has 2 aromatic rings. The summed E-state index contributed by atoms with van der Waals surface area (Å²) in [5.74, 6) is -1.38. The first-order valence-corrected chi connectivity index (χ1v) is 10.2. The van der Waals surface area contributed by atoms with Gasteiger partial charge in [0.15, 0.2) is 0 Å². The summed E-state index contributed by atoms with van der Waals surface area (Å²) in [5, 5.41) is 3.38. The lowest BCUT2D eigenvalue weighted by atomic mass is 9.93. The van der Waals surface area contributed by atoms with Crippen molar-refractivity contribution in [3.63, 3.8) is 0 Å². The van der Waals surface area contributed by atoms with Crippen molar-refractivity contribution in [2.45, 2.75) is 25.3 Å². The molecule has 1 N–H and O–H groups in total. The summed E-state index contributed by atoms with van der Waals surface area (Å²) in [5.41, 5.74) is 1.98. The Morgan fingerprint density at radius 2 is 1.93 bits per heavy atom. The molecule has 0 bridgehead atoms. The molecule has 0 aromatic heterocycles. The largest absolute Gasteiger partial charge is 0.371 e. The molecular weight excluding hydrogens is 393 g/mol. The molecule has 2 atom stereocenters. The maximum atomic E-state index is 14.2. The lowest BCUT2D eigenvalue weighted by Gasteiger charge is -2.25. The summed E-state index contributed by atoms with van der Waals surface area (Å²) >= 11 is 6.11. The van der Waals surface area contributed by atoms with Crippen molar-refractivity contribution in [2.75, 3.05) is 30.4 Å². The van der Waals surface area contributed by atoms with Gasteiger partial charge in [0.2, 0.25) is 11.8 Å². The number of rotatable bonds is 4. The van der Waals surface area contributed by atoms with E-state index in [0.29, 0.717) is 10.7 Å². The second kappa shape index (κ2) is 8.03. The van der Waals surface area contributed by atoms with Gasteiger partial charge in [-0.1, -0.05) is 23.7 Å². The van der Waals surface area contributed by atoms with E-state index in [0.717, 1.165) is 37.2 Å². The van der Waals surface area contributed by atoms with Gasteiger partial charge in [-0.15, -0.1) is 0 Å². The van der Waals surface area contributed by atoms with E-state index in [2.05, 4.69) is 10.2 Å². The summed E-state index contributed by atoms with van der Waals surface area (Å²) in [6.07, 6.45) is 2.26. The van der Waals surface area contributed by atoms with Crippen molar-refractivity contribution >= 4 is 34.8 Å². The topological polar surface area (TPSA) is 52.7 Å². The number of benzene rings is 2. The Morgan fingerprint density at radius 3 is 2.66 bits per heavy atom. The van der Waals surface area contributed by atoms with E-state index >= 15 is 0 Å². The van der Waals surface area contributed by atoms with Gasteiger partial charge >= 0.3 is 0 Å². The van der Waals surface area contributed by atoms with Crippen LogP contribution in [0.3, 0.4) is 0 Å². The number of nitrogens with one attached hydrogen (secondary N) is 1. The van der Waals surface area contributed by atoms with E-state index in [9.17, 15) is 14.0 Å². The molecule has 0 saturated carbocycles. The van der Waals surface area contributed by atoms with Crippen molar-refractivity contribution < 1.29 is 14.0 Å². The fourth-order valence-electron chi connectivity index (χ4n) is 4.29. The number of carbonyl (C=O) groups excluding carboxylic acids is 2. The maximum Gasteiger partial charge on any atom is 0.230 e. The zero-order valence-electron chi connectivity index (χ0n) is 16.2. The van der Waals surface area contributed by atoms with Crippen LogP contribution in [0.1, 0.15) is 30.9 Å². The Labute approximate surface area is 174 Å². The number of amides is 2. The molecule has 2 aromatic carbocycles. The van der Waals surface area contributed by atoms with Gasteiger partial charge in [-0.3, -0.25) is 9.59 Å². The average Bonchev–Trinajstić information content (AvgIpc) is 3.30. The van der Waals surface area contributed by atoms with Gasteiger partial charge in [-0.25, -0.2) is 4.39 Å². The molecule has 2 aliphatic heterocycles. The molecule has 2 saturated heterocycles. The molecule has 29 heavy (non-hydrogen) atoms. The van der Waals surface area contributed by atoms with Gasteiger partial charge in [0.1, 0.15) is 5.82 Å². The minimum atomic E-state index is -0.579. The van der Waals surface area contributed by atoms with Crippen LogP contribution in [-0.4, -0.2) is 36.9 Å². The van der Waals surface area contributed by atoms with Gasteiger partial charge in [0.05, 0.1) is 12.0 Å². The highest BCUT2D eigenvalue weighted by Gasteiger charge is 2.42. The third-order valence-electron chi connectivity index (χ3n) is 5.73. The van der Waals surface area contributed by atoms with E-state index in [4.69, 9.17) is 11.6 Å². The second-order valence-electron chi connectivity index (χ2n) is 7.70. The molecule has 2 heterocycles. The van der Waals surface area contributed by atoms with E-state index in [1.165, 1.54) is 12.1 Å². The maximum absolute atomic E-state index is 14.2. The standard InChI is InChI=1S/C22H23ClFN3O2/c1-26-20(28)13-19(21(26)14-5-4-6-15(23)9-14)22(29)25-17-10-16(24)11-18(12-17)27-7-2-3-8-27/h4-6,9-12,19,21H,2-3,7-8,13H2,1H3,(H,25,29). The van der Waals surface area contributed by atoms with E-state index in [-0.39, 0.29) is 18.2 Å². The van der Waals surface area contributed by atoms with Crippen molar-refractivity contribution in [1.29, 1.82) is 0 Å². The number of carbonyl (C=O) groups is 2. The molecule has 5 nitrogen and oxygen atoms in total. The number of hydrogen-bond donors (Lipinski definition) is 1. The van der Waals surface area contributed by atoms with E-state index in [1.54, 1.807) is 36.2 Å². The van der Waals surface area contributed by atoms with Crippen LogP contribution in [0, 0.1) is 11.7 Å². The monoisotopic (exact) mass is 415 g/mol. The number of halogens is 2. The normalized spacial score (nSPS) is 21.7. The Kier molecular flexibility index (Phi) is 5.46. The first-order valence-electron chi connectivity index (χ1n) is 9.80. The van der Waals surface area contributed by atoms with Gasteiger partial charge in [-0.2, -0.15) is 0 Å². The Balaban J connectivity index is 1.58. The fourth-order valence-corrected chi connectivity index (χ4v) is 4.49. The summed E-state index contributed by atoms with van der Waals surface area (Å²) in [7, 11) is 1.69. The minimum Gasteiger partial charge on any atom is -0.371 e. The van der Waals surface area contributed by atoms with Gasteiger partial charge in [-0.05, 0) is 48.7 Å². The molecule has 4 rings (SSSR count). The SMILES string of the molecule is CN1C(=O)CC(C(=O)Nc2cc(F)cc(N3CCCC3)c2)C1c1cccc(Cl)c1. The molecule has 0 aliphatic carbocycles. The summed E-state index contributed by atoms with van der Waals surface area (Å²) in [6.45, 7) is 1.77. The predicted molar refractivity (Wildman–Crippen MR) is 112 cm³/mol. The number of likely N-dealkylation sites (tertiary alicyclic amines) is 1. The molecule has 2 fully saturated rings. The van der Waals surface area contributed by atoms with Crippen LogP contribution < -0.4 is 10.2 Å². The first kappa shape index (κ1) is 19.7. The van der Waals surface area contributed by atoms with Crippen LogP contribution in [0.2, 0.25) is 5.02 Å². The van der Waals surface area contributed by atoms with Gasteiger partial charge in [0.25, 0.3) is 0 Å². The molecule has 2 unspecified atom stereocenters. The average molecular weight is 416 g/mol.